The maximum absolute atomic E-state index is 12.2. The third-order valence-electron chi connectivity index (χ3n) is 3.99. The van der Waals surface area contributed by atoms with Crippen molar-refractivity contribution in [3.05, 3.63) is 35.5 Å². The number of nitrogens with zero attached hydrogens (tertiary/aromatic N) is 2. The number of hydrogen-bond acceptors (Lipinski definition) is 5. The van der Waals surface area contributed by atoms with E-state index in [1.165, 1.54) is 0 Å². The molecule has 148 valence electrons. The zero-order valence-corrected chi connectivity index (χ0v) is 16.7. The van der Waals surface area contributed by atoms with Gasteiger partial charge in [-0.15, -0.1) is 0 Å². The Bertz CT molecular complexity index is 756. The summed E-state index contributed by atoms with van der Waals surface area (Å²) in [5.41, 5.74) is 1.90. The van der Waals surface area contributed by atoms with Crippen LogP contribution in [0.25, 0.3) is 0 Å². The quantitative estimate of drug-likeness (QED) is 0.645. The Hall–Kier alpha value is -2.54. The number of aromatic nitrogens is 2. The van der Waals surface area contributed by atoms with Crippen molar-refractivity contribution in [2.75, 3.05) is 32.8 Å². The van der Waals surface area contributed by atoms with E-state index in [2.05, 4.69) is 24.3 Å². The lowest BCUT2D eigenvalue weighted by Crippen LogP contribution is -2.18. The average molecular weight is 375 g/mol. The lowest BCUT2D eigenvalue weighted by molar-refractivity contribution is -0.117. The summed E-state index contributed by atoms with van der Waals surface area (Å²) in [6, 6.07) is 5.71. The molecule has 2 aromatic rings. The minimum Gasteiger partial charge on any atom is -0.493 e. The molecule has 1 aromatic heterocycles. The SMILES string of the molecule is COc1ccc(Cn2ncc(C)c2NC(=O)CCOCC(C)C)cc1OC. The summed E-state index contributed by atoms with van der Waals surface area (Å²) in [7, 11) is 3.21. The first kappa shape index (κ1) is 20.8. The van der Waals surface area contributed by atoms with Gasteiger partial charge in [-0.05, 0) is 30.5 Å². The fraction of sp³-hybridized carbons (Fsp3) is 0.500. The molecular weight excluding hydrogens is 346 g/mol. The number of carbonyl (C=O) groups is 1. The van der Waals surface area contributed by atoms with E-state index in [1.807, 2.05) is 25.1 Å². The predicted octanol–water partition coefficient (Wildman–Crippen LogP) is 3.26. The van der Waals surface area contributed by atoms with Crippen LogP contribution >= 0.6 is 0 Å². The smallest absolute Gasteiger partial charge is 0.227 e. The maximum Gasteiger partial charge on any atom is 0.227 e. The highest BCUT2D eigenvalue weighted by Crippen LogP contribution is 2.28. The molecule has 0 aliphatic carbocycles. The first-order valence-electron chi connectivity index (χ1n) is 9.05. The van der Waals surface area contributed by atoms with Crippen LogP contribution in [-0.4, -0.2) is 43.1 Å². The molecule has 0 aliphatic rings. The summed E-state index contributed by atoms with van der Waals surface area (Å²) in [6.45, 7) is 7.65. The van der Waals surface area contributed by atoms with Crippen LogP contribution in [0.2, 0.25) is 0 Å². The Labute approximate surface area is 160 Å². The van der Waals surface area contributed by atoms with Gasteiger partial charge >= 0.3 is 0 Å². The third-order valence-corrected chi connectivity index (χ3v) is 3.99. The highest BCUT2D eigenvalue weighted by molar-refractivity contribution is 5.90. The molecule has 27 heavy (non-hydrogen) atoms. The molecule has 0 bridgehead atoms. The van der Waals surface area contributed by atoms with Crippen LogP contribution in [0.15, 0.2) is 24.4 Å². The molecule has 2 rings (SSSR count). The number of methoxy groups -OCH3 is 2. The van der Waals surface area contributed by atoms with Crippen molar-refractivity contribution < 1.29 is 19.0 Å². The van der Waals surface area contributed by atoms with Crippen molar-refractivity contribution in [2.24, 2.45) is 5.92 Å². The van der Waals surface area contributed by atoms with Crippen molar-refractivity contribution >= 4 is 11.7 Å². The summed E-state index contributed by atoms with van der Waals surface area (Å²) in [6.07, 6.45) is 2.05. The van der Waals surface area contributed by atoms with Gasteiger partial charge < -0.3 is 19.5 Å². The molecule has 0 atom stereocenters. The Kier molecular flexibility index (Phi) is 7.67. The fourth-order valence-electron chi connectivity index (χ4n) is 2.59. The van der Waals surface area contributed by atoms with Crippen LogP contribution < -0.4 is 14.8 Å². The normalized spacial score (nSPS) is 10.9. The second kappa shape index (κ2) is 9.97. The Balaban J connectivity index is 2.02. The molecule has 0 aliphatic heterocycles. The third kappa shape index (κ3) is 5.99. The number of benzene rings is 1. The first-order chi connectivity index (χ1) is 12.9. The highest BCUT2D eigenvalue weighted by atomic mass is 16.5. The van der Waals surface area contributed by atoms with Gasteiger partial charge in [-0.1, -0.05) is 19.9 Å². The van der Waals surface area contributed by atoms with Crippen molar-refractivity contribution in [2.45, 2.75) is 33.7 Å². The zero-order chi connectivity index (χ0) is 19.8. The van der Waals surface area contributed by atoms with E-state index < -0.39 is 0 Å². The number of ether oxygens (including phenoxy) is 3. The number of rotatable bonds is 10. The van der Waals surface area contributed by atoms with Crippen LogP contribution in [0.5, 0.6) is 11.5 Å². The van der Waals surface area contributed by atoms with Gasteiger partial charge in [0.15, 0.2) is 11.5 Å². The summed E-state index contributed by atoms with van der Waals surface area (Å²) >= 11 is 0. The van der Waals surface area contributed by atoms with E-state index in [0.29, 0.717) is 49.4 Å². The topological polar surface area (TPSA) is 74.6 Å². The van der Waals surface area contributed by atoms with Crippen LogP contribution in [0.4, 0.5) is 5.82 Å². The van der Waals surface area contributed by atoms with Gasteiger partial charge in [-0.3, -0.25) is 4.79 Å². The molecular formula is C20H29N3O4. The highest BCUT2D eigenvalue weighted by Gasteiger charge is 2.13. The number of nitrogens with one attached hydrogen (secondary N) is 1. The van der Waals surface area contributed by atoms with Crippen molar-refractivity contribution in [3.63, 3.8) is 0 Å². The van der Waals surface area contributed by atoms with Crippen molar-refractivity contribution in [1.82, 2.24) is 9.78 Å². The van der Waals surface area contributed by atoms with E-state index in [0.717, 1.165) is 11.1 Å². The van der Waals surface area contributed by atoms with Gasteiger partial charge in [0.1, 0.15) is 5.82 Å². The molecule has 1 N–H and O–H groups in total. The molecule has 7 nitrogen and oxygen atoms in total. The molecule has 0 saturated carbocycles. The first-order valence-corrected chi connectivity index (χ1v) is 9.05. The van der Waals surface area contributed by atoms with Crippen LogP contribution in [0.1, 0.15) is 31.4 Å². The summed E-state index contributed by atoms with van der Waals surface area (Å²) < 4.78 is 17.9. The second-order valence-electron chi connectivity index (χ2n) is 6.79. The number of carbonyl (C=O) groups excluding carboxylic acids is 1. The van der Waals surface area contributed by atoms with Gasteiger partial charge in [-0.2, -0.15) is 5.10 Å². The zero-order valence-electron chi connectivity index (χ0n) is 16.7. The number of aryl methyl sites for hydroxylation is 1. The molecule has 0 fully saturated rings. The van der Waals surface area contributed by atoms with E-state index in [-0.39, 0.29) is 5.91 Å². The Morgan fingerprint density at radius 1 is 1.22 bits per heavy atom. The van der Waals surface area contributed by atoms with Crippen LogP contribution in [0, 0.1) is 12.8 Å². The predicted molar refractivity (Wildman–Crippen MR) is 105 cm³/mol. The minimum absolute atomic E-state index is 0.0871. The standard InChI is InChI=1S/C20H29N3O4/c1-14(2)13-27-9-8-19(24)22-20-15(3)11-21-23(20)12-16-6-7-17(25-4)18(10-16)26-5/h6-7,10-11,14H,8-9,12-13H2,1-5H3,(H,22,24). The van der Waals surface area contributed by atoms with E-state index in [9.17, 15) is 4.79 Å². The monoisotopic (exact) mass is 375 g/mol. The molecule has 7 heteroatoms. The van der Waals surface area contributed by atoms with Crippen molar-refractivity contribution in [1.29, 1.82) is 0 Å². The number of amides is 1. The molecule has 0 saturated heterocycles. The molecule has 1 aromatic carbocycles. The van der Waals surface area contributed by atoms with E-state index in [4.69, 9.17) is 14.2 Å². The van der Waals surface area contributed by atoms with Gasteiger partial charge in [-0.25, -0.2) is 4.68 Å². The van der Waals surface area contributed by atoms with Crippen LogP contribution in [0.3, 0.4) is 0 Å². The van der Waals surface area contributed by atoms with E-state index >= 15 is 0 Å². The number of hydrogen-bond donors (Lipinski definition) is 1. The molecule has 1 amide bonds. The van der Waals surface area contributed by atoms with E-state index in [1.54, 1.807) is 25.1 Å². The summed E-state index contributed by atoms with van der Waals surface area (Å²) in [4.78, 5) is 12.2. The lowest BCUT2D eigenvalue weighted by atomic mass is 10.2. The summed E-state index contributed by atoms with van der Waals surface area (Å²) in [5.74, 6) is 2.40. The molecule has 1 heterocycles. The average Bonchev–Trinajstić information content (AvgIpc) is 2.98. The van der Waals surface area contributed by atoms with Crippen molar-refractivity contribution in [3.8, 4) is 11.5 Å². The lowest BCUT2D eigenvalue weighted by Gasteiger charge is -2.13. The molecule has 0 unspecified atom stereocenters. The molecule has 0 radical (unpaired) electrons. The van der Waals surface area contributed by atoms with Crippen LogP contribution in [-0.2, 0) is 16.1 Å². The number of anilines is 1. The molecule has 0 spiro atoms. The second-order valence-corrected chi connectivity index (χ2v) is 6.79. The largest absolute Gasteiger partial charge is 0.493 e. The van der Waals surface area contributed by atoms with Gasteiger partial charge in [0.2, 0.25) is 5.91 Å². The van der Waals surface area contributed by atoms with Gasteiger partial charge in [0.05, 0.1) is 40.0 Å². The Morgan fingerprint density at radius 2 is 1.96 bits per heavy atom. The maximum atomic E-state index is 12.2. The van der Waals surface area contributed by atoms with Gasteiger partial charge in [0.25, 0.3) is 0 Å². The minimum atomic E-state index is -0.0871. The fourth-order valence-corrected chi connectivity index (χ4v) is 2.59. The van der Waals surface area contributed by atoms with Gasteiger partial charge in [0, 0.05) is 12.2 Å². The summed E-state index contributed by atoms with van der Waals surface area (Å²) in [5, 5.41) is 7.32. The Morgan fingerprint density at radius 3 is 2.63 bits per heavy atom.